The number of cyclic esters (lactones) is 2. The van der Waals surface area contributed by atoms with Crippen LogP contribution in [0, 0.1) is 5.82 Å². The van der Waals surface area contributed by atoms with Crippen molar-refractivity contribution in [3.63, 3.8) is 0 Å². The zero-order valence-electron chi connectivity index (χ0n) is 13.9. The van der Waals surface area contributed by atoms with Crippen molar-refractivity contribution in [1.29, 1.82) is 0 Å². The molecule has 1 fully saturated rings. The largest absolute Gasteiger partial charge is 0.444 e. The van der Waals surface area contributed by atoms with Crippen LogP contribution in [-0.4, -0.2) is 44.3 Å². The highest BCUT2D eigenvalue weighted by atomic mass is 19.1. The molecule has 0 saturated carbocycles. The summed E-state index contributed by atoms with van der Waals surface area (Å²) in [4.78, 5) is 37.3. The molecule has 1 aromatic carbocycles. The van der Waals surface area contributed by atoms with Gasteiger partial charge in [0, 0.05) is 19.0 Å². The lowest BCUT2D eigenvalue weighted by Crippen LogP contribution is -2.35. The fourth-order valence-corrected chi connectivity index (χ4v) is 2.80. The van der Waals surface area contributed by atoms with Crippen LogP contribution in [0.1, 0.15) is 18.9 Å². The molecule has 1 N–H and O–H groups in total. The molecule has 1 atom stereocenters. The van der Waals surface area contributed by atoms with Gasteiger partial charge in [0.25, 0.3) is 0 Å². The molecule has 134 valence electrons. The van der Waals surface area contributed by atoms with Gasteiger partial charge in [0.2, 0.25) is 5.91 Å². The number of halogens is 1. The van der Waals surface area contributed by atoms with Gasteiger partial charge in [-0.05, 0) is 12.1 Å². The molecule has 0 aromatic heterocycles. The first-order valence-electron chi connectivity index (χ1n) is 7.88. The van der Waals surface area contributed by atoms with E-state index in [1.165, 1.54) is 18.0 Å². The van der Waals surface area contributed by atoms with Gasteiger partial charge in [-0.25, -0.2) is 14.0 Å². The summed E-state index contributed by atoms with van der Waals surface area (Å²) in [6.07, 6.45) is -1.42. The van der Waals surface area contributed by atoms with Gasteiger partial charge >= 0.3 is 12.2 Å². The number of nitrogens with zero attached hydrogens (tertiary/aromatic N) is 2. The molecule has 8 nitrogen and oxygen atoms in total. The molecule has 0 bridgehead atoms. The van der Waals surface area contributed by atoms with Gasteiger partial charge < -0.3 is 14.8 Å². The van der Waals surface area contributed by atoms with E-state index in [9.17, 15) is 18.8 Å². The van der Waals surface area contributed by atoms with Crippen LogP contribution in [0.2, 0.25) is 0 Å². The first-order chi connectivity index (χ1) is 11.9. The first-order valence-corrected chi connectivity index (χ1v) is 7.88. The summed E-state index contributed by atoms with van der Waals surface area (Å²) in [5, 5.41) is 2.66. The predicted molar refractivity (Wildman–Crippen MR) is 85.9 cm³/mol. The second-order valence-electron chi connectivity index (χ2n) is 5.82. The van der Waals surface area contributed by atoms with E-state index in [1.54, 1.807) is 13.0 Å². The fourth-order valence-electron chi connectivity index (χ4n) is 2.80. The van der Waals surface area contributed by atoms with Gasteiger partial charge in [-0.1, -0.05) is 6.92 Å². The Morgan fingerprint density at radius 3 is 2.84 bits per heavy atom. The number of carbonyl (C=O) groups is 3. The average molecular weight is 351 g/mol. The fraction of sp³-hybridized carbons (Fsp3) is 0.438. The molecule has 0 spiro atoms. The molecular weight excluding hydrogens is 333 g/mol. The van der Waals surface area contributed by atoms with Crippen molar-refractivity contribution in [1.82, 2.24) is 5.32 Å². The van der Waals surface area contributed by atoms with Gasteiger partial charge in [-0.15, -0.1) is 0 Å². The standard InChI is InChI=1S/C16H18FN3O5/c1-3-13(21)18-6-11-7-20(16(23)25-11)10-4-9-8-24-15(22)19(2)14(9)12(17)5-10/h4-5,11H,3,6-8H2,1-2H3,(H,18,21). The highest BCUT2D eigenvalue weighted by molar-refractivity contribution is 5.93. The van der Waals surface area contributed by atoms with Gasteiger partial charge in [0.15, 0.2) is 0 Å². The zero-order chi connectivity index (χ0) is 18.1. The molecule has 2 aliphatic rings. The van der Waals surface area contributed by atoms with E-state index in [1.807, 2.05) is 0 Å². The van der Waals surface area contributed by atoms with Crippen LogP contribution < -0.4 is 15.1 Å². The minimum absolute atomic E-state index is 0.0673. The van der Waals surface area contributed by atoms with Crippen LogP contribution in [0.5, 0.6) is 0 Å². The third-order valence-corrected chi connectivity index (χ3v) is 4.12. The van der Waals surface area contributed by atoms with Crippen molar-refractivity contribution in [2.45, 2.75) is 26.1 Å². The molecule has 0 radical (unpaired) electrons. The first kappa shape index (κ1) is 17.0. The Morgan fingerprint density at radius 2 is 2.12 bits per heavy atom. The second kappa shape index (κ2) is 6.58. The lowest BCUT2D eigenvalue weighted by molar-refractivity contribution is -0.121. The summed E-state index contributed by atoms with van der Waals surface area (Å²) >= 11 is 0. The van der Waals surface area contributed by atoms with Crippen molar-refractivity contribution in [2.75, 3.05) is 29.9 Å². The predicted octanol–water partition coefficient (Wildman–Crippen LogP) is 1.76. The summed E-state index contributed by atoms with van der Waals surface area (Å²) in [7, 11) is 1.42. The SMILES string of the molecule is CCC(=O)NCC1CN(c2cc(F)c3c(c2)COC(=O)N3C)C(=O)O1. The number of hydrogen-bond donors (Lipinski definition) is 1. The minimum atomic E-state index is -0.633. The van der Waals surface area contributed by atoms with Crippen LogP contribution in [0.3, 0.4) is 0 Å². The van der Waals surface area contributed by atoms with E-state index < -0.39 is 24.1 Å². The summed E-state index contributed by atoms with van der Waals surface area (Å²) in [5.41, 5.74) is 0.920. The van der Waals surface area contributed by atoms with E-state index >= 15 is 0 Å². The van der Waals surface area contributed by atoms with Crippen LogP contribution in [-0.2, 0) is 20.9 Å². The Labute approximate surface area is 143 Å². The molecule has 3 amide bonds. The maximum Gasteiger partial charge on any atom is 0.414 e. The molecule has 25 heavy (non-hydrogen) atoms. The Kier molecular flexibility index (Phi) is 4.47. The zero-order valence-corrected chi connectivity index (χ0v) is 13.9. The number of hydrogen-bond acceptors (Lipinski definition) is 5. The van der Waals surface area contributed by atoms with Crippen molar-refractivity contribution in [2.24, 2.45) is 0 Å². The number of amides is 3. The quantitative estimate of drug-likeness (QED) is 0.893. The third-order valence-electron chi connectivity index (χ3n) is 4.12. The van der Waals surface area contributed by atoms with E-state index in [-0.39, 0.29) is 31.3 Å². The maximum atomic E-state index is 14.4. The Bertz CT molecular complexity index is 739. The molecule has 0 aliphatic carbocycles. The summed E-state index contributed by atoms with van der Waals surface area (Å²) < 4.78 is 24.6. The second-order valence-corrected chi connectivity index (χ2v) is 5.82. The summed E-state index contributed by atoms with van der Waals surface area (Å²) in [5.74, 6) is -0.763. The molecule has 1 unspecified atom stereocenters. The summed E-state index contributed by atoms with van der Waals surface area (Å²) in [6, 6.07) is 2.78. The monoisotopic (exact) mass is 351 g/mol. The van der Waals surface area contributed by atoms with Gasteiger partial charge in [0.05, 0.1) is 24.5 Å². The number of anilines is 2. The number of carbonyl (C=O) groups excluding carboxylic acids is 3. The lowest BCUT2D eigenvalue weighted by atomic mass is 10.1. The van der Waals surface area contributed by atoms with Gasteiger partial charge in [-0.3, -0.25) is 14.6 Å². The van der Waals surface area contributed by atoms with Crippen molar-refractivity contribution in [3.05, 3.63) is 23.5 Å². The third kappa shape index (κ3) is 3.21. The lowest BCUT2D eigenvalue weighted by Gasteiger charge is -2.27. The van der Waals surface area contributed by atoms with Crippen molar-refractivity contribution in [3.8, 4) is 0 Å². The number of ether oxygens (including phenoxy) is 2. The average Bonchev–Trinajstić information content (AvgIpc) is 2.96. The Balaban J connectivity index is 1.78. The molecule has 3 rings (SSSR count). The van der Waals surface area contributed by atoms with Gasteiger partial charge in [0.1, 0.15) is 18.5 Å². The Morgan fingerprint density at radius 1 is 1.36 bits per heavy atom. The van der Waals surface area contributed by atoms with Crippen LogP contribution in [0.4, 0.5) is 25.4 Å². The minimum Gasteiger partial charge on any atom is -0.444 e. The smallest absolute Gasteiger partial charge is 0.414 e. The molecule has 2 heterocycles. The van der Waals surface area contributed by atoms with Gasteiger partial charge in [-0.2, -0.15) is 0 Å². The van der Waals surface area contributed by atoms with Crippen LogP contribution >= 0.6 is 0 Å². The highest BCUT2D eigenvalue weighted by Crippen LogP contribution is 2.34. The van der Waals surface area contributed by atoms with Crippen molar-refractivity contribution < 1.29 is 28.2 Å². The maximum absolute atomic E-state index is 14.4. The Hall–Kier alpha value is -2.84. The van der Waals surface area contributed by atoms with E-state index in [0.717, 1.165) is 4.90 Å². The van der Waals surface area contributed by atoms with Crippen LogP contribution in [0.15, 0.2) is 12.1 Å². The van der Waals surface area contributed by atoms with Crippen molar-refractivity contribution >= 4 is 29.5 Å². The molecular formula is C16H18FN3O5. The normalized spacial score (nSPS) is 19.4. The van der Waals surface area contributed by atoms with E-state index in [4.69, 9.17) is 9.47 Å². The molecule has 2 aliphatic heterocycles. The topological polar surface area (TPSA) is 88.2 Å². The summed E-state index contributed by atoms with van der Waals surface area (Å²) in [6.45, 7) is 2.05. The van der Waals surface area contributed by atoms with Crippen LogP contribution in [0.25, 0.3) is 0 Å². The van der Waals surface area contributed by atoms with E-state index in [2.05, 4.69) is 5.32 Å². The number of nitrogens with one attached hydrogen (secondary N) is 1. The molecule has 9 heteroatoms. The number of benzene rings is 1. The highest BCUT2D eigenvalue weighted by Gasteiger charge is 2.34. The molecule has 1 saturated heterocycles. The molecule has 1 aromatic rings. The number of rotatable bonds is 4. The van der Waals surface area contributed by atoms with E-state index in [0.29, 0.717) is 17.7 Å². The number of fused-ring (bicyclic) bond motifs is 1.